The number of oxazole rings is 1. The summed E-state index contributed by atoms with van der Waals surface area (Å²) in [5.74, 6) is 0.715. The molecule has 0 unspecified atom stereocenters. The third-order valence-corrected chi connectivity index (χ3v) is 4.69. The molecule has 0 radical (unpaired) electrons. The van der Waals surface area contributed by atoms with Gasteiger partial charge in [-0.25, -0.2) is 9.37 Å². The smallest absolute Gasteiger partial charge is 0.263 e. The number of carbonyl (C=O) groups excluding carboxylic acids is 1. The normalized spacial score (nSPS) is 16.4. The molecule has 0 bridgehead atoms. The second-order valence-corrected chi connectivity index (χ2v) is 6.50. The molecule has 2 aromatic rings. The first-order valence-corrected chi connectivity index (χ1v) is 8.60. The van der Waals surface area contributed by atoms with Gasteiger partial charge in [-0.3, -0.25) is 9.69 Å². The van der Waals surface area contributed by atoms with E-state index >= 15 is 0 Å². The number of ketones is 1. The molecule has 0 spiro atoms. The molecular formula is C19H23FN2O2. The van der Waals surface area contributed by atoms with E-state index in [1.165, 1.54) is 18.5 Å². The van der Waals surface area contributed by atoms with Gasteiger partial charge in [-0.05, 0) is 62.4 Å². The van der Waals surface area contributed by atoms with Crippen LogP contribution in [-0.2, 0) is 6.54 Å². The van der Waals surface area contributed by atoms with Gasteiger partial charge in [-0.2, -0.15) is 0 Å². The van der Waals surface area contributed by atoms with Crippen LogP contribution in [0.2, 0.25) is 0 Å². The van der Waals surface area contributed by atoms with Crippen molar-refractivity contribution in [3.8, 4) is 0 Å². The maximum Gasteiger partial charge on any atom is 0.263 e. The van der Waals surface area contributed by atoms with Crippen LogP contribution in [0, 0.1) is 11.7 Å². The lowest BCUT2D eigenvalue weighted by Crippen LogP contribution is -2.33. The van der Waals surface area contributed by atoms with E-state index in [0.29, 0.717) is 12.3 Å². The molecule has 1 aliphatic rings. The van der Waals surface area contributed by atoms with Gasteiger partial charge in [0.1, 0.15) is 12.1 Å². The summed E-state index contributed by atoms with van der Waals surface area (Å²) in [6.07, 6.45) is 7.67. The van der Waals surface area contributed by atoms with E-state index in [2.05, 4.69) is 9.88 Å². The lowest BCUT2D eigenvalue weighted by molar-refractivity contribution is 0.0940. The zero-order valence-corrected chi connectivity index (χ0v) is 13.8. The van der Waals surface area contributed by atoms with Gasteiger partial charge >= 0.3 is 0 Å². The van der Waals surface area contributed by atoms with Crippen LogP contribution in [0.1, 0.15) is 48.4 Å². The minimum absolute atomic E-state index is 0.0106. The van der Waals surface area contributed by atoms with E-state index in [-0.39, 0.29) is 17.5 Å². The molecule has 0 aliphatic carbocycles. The van der Waals surface area contributed by atoms with Crippen molar-refractivity contribution in [1.82, 2.24) is 9.88 Å². The lowest BCUT2D eigenvalue weighted by atomic mass is 9.91. The fourth-order valence-corrected chi connectivity index (χ4v) is 3.35. The third-order valence-electron chi connectivity index (χ3n) is 4.69. The number of hydrogen-bond acceptors (Lipinski definition) is 4. The van der Waals surface area contributed by atoms with E-state index in [4.69, 9.17) is 4.42 Å². The van der Waals surface area contributed by atoms with Crippen molar-refractivity contribution in [3.63, 3.8) is 0 Å². The number of hydrogen-bond donors (Lipinski definition) is 0. The van der Waals surface area contributed by atoms with Gasteiger partial charge in [0, 0.05) is 13.0 Å². The highest BCUT2D eigenvalue weighted by molar-refractivity contribution is 5.91. The van der Waals surface area contributed by atoms with Crippen LogP contribution < -0.4 is 0 Å². The largest absolute Gasteiger partial charge is 0.442 e. The van der Waals surface area contributed by atoms with Crippen molar-refractivity contribution in [3.05, 3.63) is 54.0 Å². The maximum absolute atomic E-state index is 13.2. The Hall–Kier alpha value is -2.01. The Morgan fingerprint density at radius 2 is 2.17 bits per heavy atom. The van der Waals surface area contributed by atoms with Gasteiger partial charge in [-0.1, -0.05) is 12.1 Å². The number of carbonyl (C=O) groups is 1. The first-order chi connectivity index (χ1) is 11.7. The molecule has 0 amide bonds. The summed E-state index contributed by atoms with van der Waals surface area (Å²) in [7, 11) is 0. The van der Waals surface area contributed by atoms with Crippen LogP contribution in [0.15, 0.2) is 41.1 Å². The molecule has 0 saturated carbocycles. The Kier molecular flexibility index (Phi) is 5.75. The lowest BCUT2D eigenvalue weighted by Gasteiger charge is -2.32. The molecule has 1 aliphatic heterocycles. The van der Waals surface area contributed by atoms with Crippen molar-refractivity contribution in [2.75, 3.05) is 13.1 Å². The monoisotopic (exact) mass is 330 g/mol. The quantitative estimate of drug-likeness (QED) is 0.718. The highest BCUT2D eigenvalue weighted by Gasteiger charge is 2.20. The number of nitrogens with zero attached hydrogens (tertiary/aromatic N) is 2. The predicted molar refractivity (Wildman–Crippen MR) is 89.1 cm³/mol. The Morgan fingerprint density at radius 3 is 2.88 bits per heavy atom. The molecule has 24 heavy (non-hydrogen) atoms. The highest BCUT2D eigenvalue weighted by Crippen LogP contribution is 2.24. The predicted octanol–water partition coefficient (Wildman–Crippen LogP) is 4.08. The molecule has 0 atom stereocenters. The summed E-state index contributed by atoms with van der Waals surface area (Å²) < 4.78 is 18.3. The van der Waals surface area contributed by atoms with E-state index < -0.39 is 0 Å². The molecule has 5 heteroatoms. The average molecular weight is 330 g/mol. The van der Waals surface area contributed by atoms with Crippen LogP contribution in [0.5, 0.6) is 0 Å². The molecule has 1 aromatic heterocycles. The fourth-order valence-electron chi connectivity index (χ4n) is 3.35. The summed E-state index contributed by atoms with van der Waals surface area (Å²) in [5.41, 5.74) is 1.03. The Labute approximate surface area is 141 Å². The molecule has 2 heterocycles. The maximum atomic E-state index is 13.2. The van der Waals surface area contributed by atoms with E-state index in [9.17, 15) is 9.18 Å². The van der Waals surface area contributed by atoms with Crippen molar-refractivity contribution < 1.29 is 13.6 Å². The van der Waals surface area contributed by atoms with Crippen LogP contribution >= 0.6 is 0 Å². The highest BCUT2D eigenvalue weighted by atomic mass is 19.1. The van der Waals surface area contributed by atoms with Crippen LogP contribution in [0.25, 0.3) is 0 Å². The van der Waals surface area contributed by atoms with Gasteiger partial charge in [-0.15, -0.1) is 0 Å². The van der Waals surface area contributed by atoms with E-state index in [0.717, 1.165) is 50.9 Å². The van der Waals surface area contributed by atoms with Gasteiger partial charge < -0.3 is 4.42 Å². The van der Waals surface area contributed by atoms with Crippen molar-refractivity contribution >= 4 is 5.78 Å². The van der Waals surface area contributed by atoms with Crippen LogP contribution in [0.3, 0.4) is 0 Å². The Bertz CT molecular complexity index is 649. The number of Topliss-reactive ketones (excluding diaryl/α,β-unsaturated/α-hetero) is 1. The number of benzene rings is 1. The summed E-state index contributed by atoms with van der Waals surface area (Å²) in [4.78, 5) is 18.1. The number of piperidine rings is 1. The van der Waals surface area contributed by atoms with Gasteiger partial charge in [0.05, 0.1) is 6.20 Å². The Balaban J connectivity index is 1.35. The molecule has 1 fully saturated rings. The topological polar surface area (TPSA) is 46.3 Å². The van der Waals surface area contributed by atoms with Crippen LogP contribution in [-0.4, -0.2) is 28.8 Å². The van der Waals surface area contributed by atoms with Gasteiger partial charge in [0.25, 0.3) is 5.89 Å². The third kappa shape index (κ3) is 4.74. The summed E-state index contributed by atoms with van der Waals surface area (Å²) >= 11 is 0. The molecule has 4 nitrogen and oxygen atoms in total. The molecule has 0 N–H and O–H groups in total. The van der Waals surface area contributed by atoms with Crippen molar-refractivity contribution in [2.24, 2.45) is 5.92 Å². The average Bonchev–Trinajstić information content (AvgIpc) is 3.11. The number of likely N-dealkylation sites (tertiary alicyclic amines) is 1. The number of rotatable bonds is 7. The Morgan fingerprint density at radius 1 is 1.33 bits per heavy atom. The van der Waals surface area contributed by atoms with Gasteiger partial charge in [0.2, 0.25) is 5.78 Å². The minimum Gasteiger partial charge on any atom is -0.442 e. The van der Waals surface area contributed by atoms with Crippen molar-refractivity contribution in [1.29, 1.82) is 0 Å². The summed E-state index contributed by atoms with van der Waals surface area (Å²) in [6, 6.07) is 6.83. The van der Waals surface area contributed by atoms with Crippen molar-refractivity contribution in [2.45, 2.75) is 38.6 Å². The SMILES string of the molecule is O=C(CCCC1CCN(Cc2cccc(F)c2)CC1)c1ncco1. The van der Waals surface area contributed by atoms with E-state index in [1.54, 1.807) is 12.1 Å². The summed E-state index contributed by atoms with van der Waals surface area (Å²) in [6.45, 7) is 2.89. The first kappa shape index (κ1) is 16.8. The zero-order valence-electron chi connectivity index (χ0n) is 13.8. The number of halogens is 1. The van der Waals surface area contributed by atoms with Crippen LogP contribution in [0.4, 0.5) is 4.39 Å². The second kappa shape index (κ2) is 8.20. The molecule has 3 rings (SSSR count). The molecule has 1 aromatic carbocycles. The number of aromatic nitrogens is 1. The second-order valence-electron chi connectivity index (χ2n) is 6.50. The molecule has 128 valence electrons. The standard InChI is InChI=1S/C19H23FN2O2/c20-17-5-1-4-16(13-17)14-22-10-7-15(8-11-22)3-2-6-18(23)19-21-9-12-24-19/h1,4-5,9,12-13,15H,2-3,6-8,10-11,14H2. The summed E-state index contributed by atoms with van der Waals surface area (Å²) in [5, 5.41) is 0. The van der Waals surface area contributed by atoms with Gasteiger partial charge in [0.15, 0.2) is 0 Å². The molecule has 1 saturated heterocycles. The van der Waals surface area contributed by atoms with E-state index in [1.807, 2.05) is 6.07 Å². The molecular weight excluding hydrogens is 307 g/mol. The fraction of sp³-hybridized carbons (Fsp3) is 0.474. The minimum atomic E-state index is -0.168. The first-order valence-electron chi connectivity index (χ1n) is 8.60. The zero-order chi connectivity index (χ0) is 16.8.